The Labute approximate surface area is 114 Å². The molecule has 0 aliphatic heterocycles. The quantitative estimate of drug-likeness (QED) is 0.669. The first kappa shape index (κ1) is 12.9. The summed E-state index contributed by atoms with van der Waals surface area (Å²) in [6, 6.07) is 6.60. The average Bonchev–Trinajstić information content (AvgIpc) is 2.33. The van der Waals surface area contributed by atoms with Gasteiger partial charge in [0.05, 0.1) is 5.02 Å². The largest absolute Gasteiger partial charge is 0.437 e. The predicted octanol–water partition coefficient (Wildman–Crippen LogP) is 3.17. The Hall–Kier alpha value is -1.56. The van der Waals surface area contributed by atoms with Gasteiger partial charge in [-0.3, -0.25) is 5.43 Å². The van der Waals surface area contributed by atoms with Crippen LogP contribution in [0.5, 0.6) is 11.6 Å². The number of hydrogen-bond donors (Lipinski definition) is 2. The molecule has 0 unspecified atom stereocenters. The minimum Gasteiger partial charge on any atom is -0.437 e. The van der Waals surface area contributed by atoms with E-state index in [0.29, 0.717) is 27.4 Å². The molecule has 0 aliphatic rings. The van der Waals surface area contributed by atoms with Crippen molar-refractivity contribution in [1.82, 2.24) is 9.97 Å². The molecule has 1 aromatic carbocycles. The minimum absolute atomic E-state index is 0.267. The van der Waals surface area contributed by atoms with Crippen molar-refractivity contribution < 1.29 is 4.74 Å². The van der Waals surface area contributed by atoms with Crippen LogP contribution in [-0.4, -0.2) is 9.97 Å². The van der Waals surface area contributed by atoms with Gasteiger partial charge in [-0.05, 0) is 19.1 Å². The number of anilines is 1. The predicted molar refractivity (Wildman–Crippen MR) is 71.1 cm³/mol. The molecule has 94 valence electrons. The van der Waals surface area contributed by atoms with Crippen LogP contribution >= 0.6 is 23.2 Å². The third-order valence-electron chi connectivity index (χ3n) is 2.07. The number of halogens is 2. The van der Waals surface area contributed by atoms with Crippen LogP contribution in [0.1, 0.15) is 5.69 Å². The first-order valence-electron chi connectivity index (χ1n) is 5.03. The van der Waals surface area contributed by atoms with Crippen molar-refractivity contribution >= 4 is 29.2 Å². The highest BCUT2D eigenvalue weighted by Crippen LogP contribution is 2.31. The van der Waals surface area contributed by atoms with Gasteiger partial charge in [-0.15, -0.1) is 0 Å². The number of aromatic nitrogens is 2. The smallest absolute Gasteiger partial charge is 0.240 e. The molecule has 0 amide bonds. The highest BCUT2D eigenvalue weighted by molar-refractivity contribution is 6.34. The zero-order valence-electron chi connectivity index (χ0n) is 9.45. The zero-order chi connectivity index (χ0) is 13.1. The third-order valence-corrected chi connectivity index (χ3v) is 2.61. The number of hydrazine groups is 1. The van der Waals surface area contributed by atoms with Crippen molar-refractivity contribution in [3.05, 3.63) is 40.0 Å². The molecule has 0 saturated carbocycles. The number of aryl methyl sites for hydroxylation is 1. The number of nitrogen functional groups attached to an aromatic ring is 1. The first-order valence-corrected chi connectivity index (χ1v) is 5.79. The van der Waals surface area contributed by atoms with E-state index >= 15 is 0 Å². The van der Waals surface area contributed by atoms with Crippen molar-refractivity contribution in [3.8, 4) is 11.6 Å². The lowest BCUT2D eigenvalue weighted by Crippen LogP contribution is -2.11. The molecule has 5 nitrogen and oxygen atoms in total. The highest BCUT2D eigenvalue weighted by Gasteiger charge is 2.07. The Morgan fingerprint density at radius 3 is 2.72 bits per heavy atom. The van der Waals surface area contributed by atoms with Gasteiger partial charge in [0, 0.05) is 22.8 Å². The van der Waals surface area contributed by atoms with Crippen LogP contribution in [0.2, 0.25) is 10.0 Å². The van der Waals surface area contributed by atoms with Gasteiger partial charge in [0.15, 0.2) is 0 Å². The molecule has 0 saturated heterocycles. The fourth-order valence-corrected chi connectivity index (χ4v) is 1.64. The Kier molecular flexibility index (Phi) is 3.86. The van der Waals surface area contributed by atoms with Crippen LogP contribution in [0, 0.1) is 6.92 Å². The van der Waals surface area contributed by atoms with Gasteiger partial charge in [0.1, 0.15) is 5.75 Å². The van der Waals surface area contributed by atoms with Gasteiger partial charge in [-0.1, -0.05) is 23.2 Å². The summed E-state index contributed by atoms with van der Waals surface area (Å²) in [5.74, 6) is 6.28. The Morgan fingerprint density at radius 1 is 1.22 bits per heavy atom. The van der Waals surface area contributed by atoms with E-state index in [4.69, 9.17) is 33.8 Å². The highest BCUT2D eigenvalue weighted by atomic mass is 35.5. The molecule has 7 heteroatoms. The van der Waals surface area contributed by atoms with Gasteiger partial charge in [-0.2, -0.15) is 4.98 Å². The van der Waals surface area contributed by atoms with E-state index in [9.17, 15) is 0 Å². The maximum atomic E-state index is 5.99. The lowest BCUT2D eigenvalue weighted by Gasteiger charge is -2.08. The molecule has 0 spiro atoms. The zero-order valence-corrected chi connectivity index (χ0v) is 11.0. The summed E-state index contributed by atoms with van der Waals surface area (Å²) in [5, 5.41) is 0.968. The van der Waals surface area contributed by atoms with E-state index in [-0.39, 0.29) is 5.95 Å². The fraction of sp³-hybridized carbons (Fsp3) is 0.0909. The lowest BCUT2D eigenvalue weighted by atomic mass is 10.3. The van der Waals surface area contributed by atoms with Gasteiger partial charge < -0.3 is 4.74 Å². The van der Waals surface area contributed by atoms with Crippen molar-refractivity contribution in [2.24, 2.45) is 5.84 Å². The van der Waals surface area contributed by atoms with Gasteiger partial charge in [0.2, 0.25) is 11.8 Å². The maximum absolute atomic E-state index is 5.99. The summed E-state index contributed by atoms with van der Waals surface area (Å²) < 4.78 is 5.55. The normalized spacial score (nSPS) is 10.2. The van der Waals surface area contributed by atoms with Gasteiger partial charge in [-0.25, -0.2) is 10.8 Å². The van der Waals surface area contributed by atoms with Gasteiger partial charge in [0.25, 0.3) is 0 Å². The molecule has 2 aromatic rings. The van der Waals surface area contributed by atoms with Crippen LogP contribution in [0.4, 0.5) is 5.95 Å². The number of nitrogens with zero attached hydrogens (tertiary/aromatic N) is 2. The third kappa shape index (κ3) is 3.01. The van der Waals surface area contributed by atoms with Crippen LogP contribution in [0.15, 0.2) is 24.3 Å². The van der Waals surface area contributed by atoms with E-state index in [1.807, 2.05) is 0 Å². The molecule has 1 heterocycles. The number of benzene rings is 1. The van der Waals surface area contributed by atoms with E-state index in [0.717, 1.165) is 0 Å². The SMILES string of the molecule is Cc1cc(Oc2cc(Cl)ccc2Cl)nc(NN)n1. The number of hydrogen-bond acceptors (Lipinski definition) is 5. The fourth-order valence-electron chi connectivity index (χ4n) is 1.32. The average molecular weight is 285 g/mol. The molecule has 0 aliphatic carbocycles. The Morgan fingerprint density at radius 2 is 2.00 bits per heavy atom. The number of nitrogens with one attached hydrogen (secondary N) is 1. The summed E-state index contributed by atoms with van der Waals surface area (Å²) in [6.45, 7) is 1.80. The second-order valence-corrected chi connectivity index (χ2v) is 4.34. The molecular formula is C11H10Cl2N4O. The van der Waals surface area contributed by atoms with Crippen molar-refractivity contribution in [2.45, 2.75) is 6.92 Å². The van der Waals surface area contributed by atoms with Crippen LogP contribution < -0.4 is 16.0 Å². The maximum Gasteiger partial charge on any atom is 0.240 e. The molecule has 0 radical (unpaired) electrons. The number of ether oxygens (including phenoxy) is 1. The van der Waals surface area contributed by atoms with Crippen LogP contribution in [-0.2, 0) is 0 Å². The summed E-state index contributed by atoms with van der Waals surface area (Å²) in [7, 11) is 0. The molecule has 18 heavy (non-hydrogen) atoms. The summed E-state index contributed by atoms with van der Waals surface area (Å²) in [4.78, 5) is 8.09. The molecule has 0 bridgehead atoms. The van der Waals surface area contributed by atoms with Crippen LogP contribution in [0.3, 0.4) is 0 Å². The molecule has 0 fully saturated rings. The Balaban J connectivity index is 2.33. The molecule has 0 atom stereocenters. The van der Waals surface area contributed by atoms with Crippen molar-refractivity contribution in [3.63, 3.8) is 0 Å². The summed E-state index contributed by atoms with van der Waals surface area (Å²) in [6.07, 6.45) is 0. The monoisotopic (exact) mass is 284 g/mol. The molecule has 1 aromatic heterocycles. The summed E-state index contributed by atoms with van der Waals surface area (Å²) in [5.41, 5.74) is 3.07. The van der Waals surface area contributed by atoms with E-state index in [1.54, 1.807) is 31.2 Å². The van der Waals surface area contributed by atoms with E-state index in [2.05, 4.69) is 15.4 Å². The summed E-state index contributed by atoms with van der Waals surface area (Å²) >= 11 is 11.9. The van der Waals surface area contributed by atoms with Crippen molar-refractivity contribution in [2.75, 3.05) is 5.43 Å². The lowest BCUT2D eigenvalue weighted by molar-refractivity contribution is 0.462. The van der Waals surface area contributed by atoms with Gasteiger partial charge >= 0.3 is 0 Å². The topological polar surface area (TPSA) is 73.1 Å². The molecule has 2 rings (SSSR count). The number of nitrogens with two attached hydrogens (primary N) is 1. The Bertz CT molecular complexity index is 577. The van der Waals surface area contributed by atoms with Crippen molar-refractivity contribution in [1.29, 1.82) is 0 Å². The number of rotatable bonds is 3. The van der Waals surface area contributed by atoms with E-state index in [1.165, 1.54) is 0 Å². The van der Waals surface area contributed by atoms with Crippen LogP contribution in [0.25, 0.3) is 0 Å². The molecule has 3 N–H and O–H groups in total. The first-order chi connectivity index (χ1) is 8.58. The van der Waals surface area contributed by atoms with E-state index < -0.39 is 0 Å². The molecular weight excluding hydrogens is 275 g/mol. The standard InChI is InChI=1S/C11H10Cl2N4O/c1-6-4-10(16-11(15-6)17-14)18-9-5-7(12)2-3-8(9)13/h2-5H,14H2,1H3,(H,15,16,17). The minimum atomic E-state index is 0.267. The second-order valence-electron chi connectivity index (χ2n) is 3.49. The second kappa shape index (κ2) is 5.39.